The molecule has 0 bridgehead atoms. The number of aliphatic hydroxyl groups is 6. The molecule has 1 saturated carbocycles. The van der Waals surface area contributed by atoms with Crippen LogP contribution in [0.2, 0.25) is 0 Å². The Labute approximate surface area is 299 Å². The fourth-order valence-corrected chi connectivity index (χ4v) is 6.87. The Bertz CT molecular complexity index is 761. The molecule has 0 spiro atoms. The Morgan fingerprint density at radius 2 is 1.12 bits per heavy atom. The van der Waals surface area contributed by atoms with Crippen molar-refractivity contribution in [2.45, 2.75) is 217 Å². The summed E-state index contributed by atoms with van der Waals surface area (Å²) in [6.07, 6.45) is 23.0. The molecule has 1 rings (SSSR count). The van der Waals surface area contributed by atoms with Crippen LogP contribution in [-0.4, -0.2) is 99.1 Å². The molecular formula is C39H78N2O8. The predicted octanol–water partition coefficient (Wildman–Crippen LogP) is 6.26. The van der Waals surface area contributed by atoms with Gasteiger partial charge in [-0.3, -0.25) is 0 Å². The first kappa shape index (κ1) is 46.0. The quantitative estimate of drug-likeness (QED) is 0.0380. The van der Waals surface area contributed by atoms with E-state index >= 15 is 0 Å². The van der Waals surface area contributed by atoms with Crippen LogP contribution in [0.25, 0.3) is 0 Å². The Balaban J connectivity index is 2.09. The van der Waals surface area contributed by atoms with Crippen LogP contribution < -0.4 is 10.6 Å². The topological polar surface area (TPSA) is 172 Å². The third kappa shape index (κ3) is 22.5. The van der Waals surface area contributed by atoms with E-state index in [4.69, 9.17) is 4.74 Å². The van der Waals surface area contributed by atoms with Crippen molar-refractivity contribution in [3.8, 4) is 0 Å². The molecule has 0 saturated heterocycles. The van der Waals surface area contributed by atoms with Gasteiger partial charge < -0.3 is 46.0 Å². The number of nitrogens with one attached hydrogen (secondary N) is 2. The van der Waals surface area contributed by atoms with Crippen molar-refractivity contribution in [2.24, 2.45) is 5.92 Å². The molecule has 8 N–H and O–H groups in total. The van der Waals surface area contributed by atoms with Crippen LogP contribution in [0.1, 0.15) is 174 Å². The lowest BCUT2D eigenvalue weighted by atomic mass is 9.81. The van der Waals surface area contributed by atoms with Crippen molar-refractivity contribution in [3.05, 3.63) is 0 Å². The molecular weight excluding hydrogens is 624 g/mol. The van der Waals surface area contributed by atoms with Gasteiger partial charge in [-0.1, -0.05) is 149 Å². The Kier molecular flexibility index (Phi) is 28.7. The molecule has 49 heavy (non-hydrogen) atoms. The third-order valence-corrected chi connectivity index (χ3v) is 10.4. The number of carbonyl (C=O) groups excluding carboxylic acids is 1. The van der Waals surface area contributed by atoms with Crippen molar-refractivity contribution < 1.29 is 40.2 Å². The molecule has 2 amide bonds. The predicted molar refractivity (Wildman–Crippen MR) is 197 cm³/mol. The number of hydrogen-bond donors (Lipinski definition) is 8. The second kappa shape index (κ2) is 30.6. The molecule has 1 aliphatic carbocycles. The van der Waals surface area contributed by atoms with Gasteiger partial charge in [0, 0.05) is 25.5 Å². The van der Waals surface area contributed by atoms with Gasteiger partial charge in [-0.15, -0.1) is 0 Å². The monoisotopic (exact) mass is 703 g/mol. The molecule has 0 aromatic heterocycles. The smallest absolute Gasteiger partial charge is 0.315 e. The molecule has 10 nitrogen and oxygen atoms in total. The summed E-state index contributed by atoms with van der Waals surface area (Å²) < 4.78 is 5.78. The second-order valence-corrected chi connectivity index (χ2v) is 14.8. The second-order valence-electron chi connectivity index (χ2n) is 14.8. The molecule has 1 fully saturated rings. The molecule has 0 radical (unpaired) electrons. The number of amides is 2. The molecule has 0 aliphatic heterocycles. The lowest BCUT2D eigenvalue weighted by molar-refractivity contribution is -0.181. The Hall–Kier alpha value is -1.01. The minimum atomic E-state index is -1.48. The lowest BCUT2D eigenvalue weighted by Gasteiger charge is -2.40. The maximum Gasteiger partial charge on any atom is 0.315 e. The number of unbranched alkanes of at least 4 members (excludes halogenated alkanes) is 21. The van der Waals surface area contributed by atoms with E-state index in [0.29, 0.717) is 13.0 Å². The molecule has 0 aromatic rings. The molecule has 292 valence electrons. The van der Waals surface area contributed by atoms with Gasteiger partial charge in [0.05, 0.1) is 37.1 Å². The first-order chi connectivity index (χ1) is 23.7. The van der Waals surface area contributed by atoms with Crippen LogP contribution in [0.4, 0.5) is 4.79 Å². The van der Waals surface area contributed by atoms with Gasteiger partial charge in [-0.05, 0) is 19.3 Å². The third-order valence-electron chi connectivity index (χ3n) is 10.4. The summed E-state index contributed by atoms with van der Waals surface area (Å²) in [6, 6.07) is -1.32. The fourth-order valence-electron chi connectivity index (χ4n) is 6.87. The maximum absolute atomic E-state index is 12.6. The summed E-state index contributed by atoms with van der Waals surface area (Å²) in [7, 11) is 0. The van der Waals surface area contributed by atoms with Crippen molar-refractivity contribution in [2.75, 3.05) is 19.8 Å². The summed E-state index contributed by atoms with van der Waals surface area (Å²) in [5.41, 5.74) is 0. The first-order valence-electron chi connectivity index (χ1n) is 20.4. The molecule has 8 unspecified atom stereocenters. The van der Waals surface area contributed by atoms with E-state index < -0.39 is 54.6 Å². The number of ether oxygens (including phenoxy) is 1. The van der Waals surface area contributed by atoms with Gasteiger partial charge in [0.25, 0.3) is 0 Å². The fraction of sp³-hybridized carbons (Fsp3) is 0.974. The summed E-state index contributed by atoms with van der Waals surface area (Å²) in [6.45, 7) is 4.04. The summed E-state index contributed by atoms with van der Waals surface area (Å²) in [5.74, 6) is -0.663. The van der Waals surface area contributed by atoms with Gasteiger partial charge in [0.15, 0.2) is 0 Å². The standard InChI is InChI=1S/C39H78N2O8/c1-3-5-6-7-8-9-10-11-12-13-14-15-16-17-18-19-20-21-22-23-24-25-26-40-39(48)41-33(34(44)28-32(43)4-2)30-49-35-27-31(29-42)36(45)38(47)37(35)46/h31-38,42-47H,3-30H2,1-2H3,(H2,40,41,48). The zero-order valence-electron chi connectivity index (χ0n) is 31.4. The van der Waals surface area contributed by atoms with E-state index in [2.05, 4.69) is 17.6 Å². The normalized spacial score (nSPS) is 22.9. The van der Waals surface area contributed by atoms with Crippen molar-refractivity contribution in [1.29, 1.82) is 0 Å². The maximum atomic E-state index is 12.6. The van der Waals surface area contributed by atoms with Gasteiger partial charge >= 0.3 is 6.03 Å². The van der Waals surface area contributed by atoms with Crippen LogP contribution in [-0.2, 0) is 4.74 Å². The SMILES string of the molecule is CCCCCCCCCCCCCCCCCCCCCCCCNC(=O)NC(COC1CC(CO)C(O)C(O)C1O)C(O)CC(O)CC. The lowest BCUT2D eigenvalue weighted by Crippen LogP contribution is -2.57. The number of rotatable bonds is 32. The molecule has 1 aliphatic rings. The van der Waals surface area contributed by atoms with Crippen LogP contribution in [0.5, 0.6) is 0 Å². The number of hydrogen-bond acceptors (Lipinski definition) is 8. The van der Waals surface area contributed by atoms with Gasteiger partial charge in [0.2, 0.25) is 0 Å². The molecule has 8 atom stereocenters. The van der Waals surface area contributed by atoms with Crippen molar-refractivity contribution in [3.63, 3.8) is 0 Å². The molecule has 0 aromatic carbocycles. The summed E-state index contributed by atoms with van der Waals surface area (Å²) in [5, 5.41) is 66.4. The number of carbonyl (C=O) groups is 1. The van der Waals surface area contributed by atoms with Crippen LogP contribution in [0, 0.1) is 5.92 Å². The minimum Gasteiger partial charge on any atom is -0.396 e. The van der Waals surface area contributed by atoms with Crippen LogP contribution in [0.3, 0.4) is 0 Å². The number of aliphatic hydroxyl groups excluding tert-OH is 6. The largest absolute Gasteiger partial charge is 0.396 e. The highest BCUT2D eigenvalue weighted by atomic mass is 16.5. The van der Waals surface area contributed by atoms with E-state index in [0.717, 1.165) is 19.3 Å². The van der Waals surface area contributed by atoms with Crippen molar-refractivity contribution >= 4 is 6.03 Å². The first-order valence-corrected chi connectivity index (χ1v) is 20.4. The zero-order valence-corrected chi connectivity index (χ0v) is 31.4. The van der Waals surface area contributed by atoms with Crippen LogP contribution >= 0.6 is 0 Å². The summed E-state index contributed by atoms with van der Waals surface area (Å²) >= 11 is 0. The molecule has 0 heterocycles. The van der Waals surface area contributed by atoms with E-state index in [-0.39, 0.29) is 26.1 Å². The number of urea groups is 1. The van der Waals surface area contributed by atoms with Gasteiger partial charge in [0.1, 0.15) is 12.2 Å². The van der Waals surface area contributed by atoms with Crippen molar-refractivity contribution in [1.82, 2.24) is 10.6 Å². The van der Waals surface area contributed by atoms with E-state index in [9.17, 15) is 35.4 Å². The Morgan fingerprint density at radius 3 is 1.55 bits per heavy atom. The van der Waals surface area contributed by atoms with E-state index in [1.54, 1.807) is 6.92 Å². The highest BCUT2D eigenvalue weighted by Gasteiger charge is 2.43. The van der Waals surface area contributed by atoms with E-state index in [1.807, 2.05) is 0 Å². The Morgan fingerprint density at radius 1 is 0.673 bits per heavy atom. The van der Waals surface area contributed by atoms with Gasteiger partial charge in [-0.25, -0.2) is 4.79 Å². The van der Waals surface area contributed by atoms with Gasteiger partial charge in [-0.2, -0.15) is 0 Å². The average molecular weight is 703 g/mol. The highest BCUT2D eigenvalue weighted by Crippen LogP contribution is 2.28. The van der Waals surface area contributed by atoms with E-state index in [1.165, 1.54) is 122 Å². The summed E-state index contributed by atoms with van der Waals surface area (Å²) in [4.78, 5) is 12.6. The average Bonchev–Trinajstić information content (AvgIpc) is 3.09. The minimum absolute atomic E-state index is 0.0398. The molecule has 10 heteroatoms. The highest BCUT2D eigenvalue weighted by molar-refractivity contribution is 5.74. The zero-order chi connectivity index (χ0) is 36.1. The van der Waals surface area contributed by atoms with Crippen LogP contribution in [0.15, 0.2) is 0 Å².